The van der Waals surface area contributed by atoms with Crippen molar-refractivity contribution in [1.82, 2.24) is 4.90 Å². The highest BCUT2D eigenvalue weighted by Gasteiger charge is 2.30. The van der Waals surface area contributed by atoms with Gasteiger partial charge in [0.1, 0.15) is 0 Å². The summed E-state index contributed by atoms with van der Waals surface area (Å²) in [6, 6.07) is 1.92. The molecule has 2 heterocycles. The van der Waals surface area contributed by atoms with Crippen molar-refractivity contribution in [3.05, 3.63) is 20.8 Å². The van der Waals surface area contributed by atoms with Gasteiger partial charge in [-0.15, -0.1) is 11.3 Å². The van der Waals surface area contributed by atoms with E-state index in [-0.39, 0.29) is 5.91 Å². The first kappa shape index (κ1) is 14.1. The molecule has 0 unspecified atom stereocenters. The van der Waals surface area contributed by atoms with Crippen molar-refractivity contribution >= 4 is 33.2 Å². The summed E-state index contributed by atoms with van der Waals surface area (Å²) in [5.74, 6) is 0.917. The standard InChI is InChI=1S/C14H20BrNOS/c1-14(2,3)11-4-6-16(7-5-11)13(17)10-8-12(15)18-9-10/h8-9,11H,4-7H2,1-3H3. The Labute approximate surface area is 122 Å². The van der Waals surface area contributed by atoms with E-state index in [2.05, 4.69) is 36.7 Å². The second kappa shape index (κ2) is 5.33. The Morgan fingerprint density at radius 3 is 2.44 bits per heavy atom. The lowest BCUT2D eigenvalue weighted by Crippen LogP contribution is -2.41. The zero-order chi connectivity index (χ0) is 13.3. The van der Waals surface area contributed by atoms with Crippen molar-refractivity contribution < 1.29 is 4.79 Å². The molecule has 1 amide bonds. The van der Waals surface area contributed by atoms with E-state index in [1.807, 2.05) is 16.3 Å². The maximum atomic E-state index is 12.3. The van der Waals surface area contributed by atoms with Crippen molar-refractivity contribution in [2.75, 3.05) is 13.1 Å². The van der Waals surface area contributed by atoms with Crippen LogP contribution in [0.5, 0.6) is 0 Å². The van der Waals surface area contributed by atoms with Gasteiger partial charge < -0.3 is 4.90 Å². The summed E-state index contributed by atoms with van der Waals surface area (Å²) in [4.78, 5) is 14.3. The minimum Gasteiger partial charge on any atom is -0.339 e. The van der Waals surface area contributed by atoms with E-state index in [0.717, 1.165) is 41.2 Å². The summed E-state index contributed by atoms with van der Waals surface area (Å²) >= 11 is 4.98. The number of nitrogens with zero attached hydrogens (tertiary/aromatic N) is 1. The Balaban J connectivity index is 1.96. The summed E-state index contributed by atoms with van der Waals surface area (Å²) in [6.45, 7) is 8.68. The highest BCUT2D eigenvalue weighted by atomic mass is 79.9. The van der Waals surface area contributed by atoms with Crippen molar-refractivity contribution in [3.63, 3.8) is 0 Å². The average Bonchev–Trinajstić information content (AvgIpc) is 2.74. The second-order valence-electron chi connectivity index (χ2n) is 6.07. The number of hydrogen-bond donors (Lipinski definition) is 0. The number of hydrogen-bond acceptors (Lipinski definition) is 2. The van der Waals surface area contributed by atoms with Crippen LogP contribution in [-0.4, -0.2) is 23.9 Å². The molecule has 1 fully saturated rings. The van der Waals surface area contributed by atoms with E-state index in [0.29, 0.717) is 5.41 Å². The Hall–Kier alpha value is -0.350. The molecule has 18 heavy (non-hydrogen) atoms. The van der Waals surface area contributed by atoms with Gasteiger partial charge >= 0.3 is 0 Å². The molecule has 0 aliphatic carbocycles. The largest absolute Gasteiger partial charge is 0.339 e. The van der Waals surface area contributed by atoms with Gasteiger partial charge in [0.15, 0.2) is 0 Å². The molecular weight excluding hydrogens is 310 g/mol. The summed E-state index contributed by atoms with van der Waals surface area (Å²) in [6.07, 6.45) is 2.25. The SMILES string of the molecule is CC(C)(C)C1CCN(C(=O)c2csc(Br)c2)CC1. The van der Waals surface area contributed by atoms with E-state index in [9.17, 15) is 4.79 Å². The lowest BCUT2D eigenvalue weighted by atomic mass is 9.75. The van der Waals surface area contributed by atoms with Crippen molar-refractivity contribution in [3.8, 4) is 0 Å². The van der Waals surface area contributed by atoms with E-state index < -0.39 is 0 Å². The van der Waals surface area contributed by atoms with Crippen molar-refractivity contribution in [1.29, 1.82) is 0 Å². The zero-order valence-electron chi connectivity index (χ0n) is 11.2. The molecule has 1 aliphatic heterocycles. The van der Waals surface area contributed by atoms with Crippen LogP contribution in [0.25, 0.3) is 0 Å². The Kier molecular flexibility index (Phi) is 4.17. The average molecular weight is 330 g/mol. The fourth-order valence-electron chi connectivity index (χ4n) is 2.55. The summed E-state index contributed by atoms with van der Waals surface area (Å²) < 4.78 is 1.02. The lowest BCUT2D eigenvalue weighted by Gasteiger charge is -2.38. The molecule has 2 rings (SSSR count). The molecule has 0 atom stereocenters. The molecule has 0 N–H and O–H groups in total. The first-order valence-corrected chi connectivity index (χ1v) is 8.08. The molecule has 0 saturated carbocycles. The second-order valence-corrected chi connectivity index (χ2v) is 8.36. The minimum absolute atomic E-state index is 0.185. The Morgan fingerprint density at radius 2 is 2.00 bits per heavy atom. The van der Waals surface area contributed by atoms with Gasteiger partial charge in [0.05, 0.1) is 9.35 Å². The van der Waals surface area contributed by atoms with Crippen LogP contribution < -0.4 is 0 Å². The van der Waals surface area contributed by atoms with Crippen LogP contribution in [0.3, 0.4) is 0 Å². The summed E-state index contributed by atoms with van der Waals surface area (Å²) in [5.41, 5.74) is 1.18. The third-order valence-corrected chi connectivity index (χ3v) is 5.33. The van der Waals surface area contributed by atoms with Crippen LogP contribution in [0, 0.1) is 11.3 Å². The number of carbonyl (C=O) groups is 1. The Morgan fingerprint density at radius 1 is 1.39 bits per heavy atom. The fraction of sp³-hybridized carbons (Fsp3) is 0.643. The van der Waals surface area contributed by atoms with Gasteiger partial charge in [0, 0.05) is 18.5 Å². The van der Waals surface area contributed by atoms with Crippen LogP contribution in [0.4, 0.5) is 0 Å². The molecular formula is C14H20BrNOS. The highest BCUT2D eigenvalue weighted by molar-refractivity contribution is 9.11. The van der Waals surface area contributed by atoms with E-state index in [1.54, 1.807) is 11.3 Å². The number of carbonyl (C=O) groups excluding carboxylic acids is 1. The van der Waals surface area contributed by atoms with Crippen molar-refractivity contribution in [2.24, 2.45) is 11.3 Å². The maximum absolute atomic E-state index is 12.3. The summed E-state index contributed by atoms with van der Waals surface area (Å²) in [7, 11) is 0. The first-order valence-electron chi connectivity index (χ1n) is 6.41. The highest BCUT2D eigenvalue weighted by Crippen LogP contribution is 2.34. The van der Waals surface area contributed by atoms with E-state index in [4.69, 9.17) is 0 Å². The maximum Gasteiger partial charge on any atom is 0.254 e. The Bertz CT molecular complexity index is 427. The zero-order valence-corrected chi connectivity index (χ0v) is 13.6. The van der Waals surface area contributed by atoms with Crippen LogP contribution in [0.2, 0.25) is 0 Å². The van der Waals surface area contributed by atoms with Gasteiger partial charge in [-0.05, 0) is 46.2 Å². The first-order chi connectivity index (χ1) is 8.38. The van der Waals surface area contributed by atoms with Gasteiger partial charge in [-0.1, -0.05) is 20.8 Å². The van der Waals surface area contributed by atoms with Crippen LogP contribution in [0.1, 0.15) is 44.0 Å². The fourth-order valence-corrected chi connectivity index (χ4v) is 3.68. The number of likely N-dealkylation sites (tertiary alicyclic amines) is 1. The van der Waals surface area contributed by atoms with Crippen LogP contribution in [0.15, 0.2) is 15.2 Å². The van der Waals surface area contributed by atoms with E-state index in [1.165, 1.54) is 0 Å². The van der Waals surface area contributed by atoms with Crippen LogP contribution >= 0.6 is 27.3 Å². The molecule has 100 valence electrons. The number of rotatable bonds is 1. The molecule has 1 aliphatic rings. The van der Waals surface area contributed by atoms with Gasteiger partial charge in [-0.3, -0.25) is 4.79 Å². The molecule has 0 aromatic carbocycles. The topological polar surface area (TPSA) is 20.3 Å². The van der Waals surface area contributed by atoms with Gasteiger partial charge in [-0.25, -0.2) is 0 Å². The molecule has 1 aromatic heterocycles. The monoisotopic (exact) mass is 329 g/mol. The number of piperidine rings is 1. The molecule has 0 radical (unpaired) electrons. The molecule has 1 saturated heterocycles. The number of halogens is 1. The molecule has 2 nitrogen and oxygen atoms in total. The molecule has 1 aromatic rings. The predicted molar refractivity (Wildman–Crippen MR) is 80.1 cm³/mol. The number of amides is 1. The smallest absolute Gasteiger partial charge is 0.254 e. The van der Waals surface area contributed by atoms with Crippen LogP contribution in [-0.2, 0) is 0 Å². The molecule has 0 spiro atoms. The quantitative estimate of drug-likeness (QED) is 0.747. The normalized spacial score (nSPS) is 18.1. The third-order valence-electron chi connectivity index (χ3n) is 3.82. The lowest BCUT2D eigenvalue weighted by molar-refractivity contribution is 0.0609. The van der Waals surface area contributed by atoms with Crippen molar-refractivity contribution in [2.45, 2.75) is 33.6 Å². The molecule has 0 bridgehead atoms. The molecule has 4 heteroatoms. The van der Waals surface area contributed by atoms with Gasteiger partial charge in [0.25, 0.3) is 5.91 Å². The minimum atomic E-state index is 0.185. The van der Waals surface area contributed by atoms with E-state index >= 15 is 0 Å². The third kappa shape index (κ3) is 3.15. The van der Waals surface area contributed by atoms with Gasteiger partial charge in [0.2, 0.25) is 0 Å². The predicted octanol–water partition coefficient (Wildman–Crippen LogP) is 4.41. The van der Waals surface area contributed by atoms with Gasteiger partial charge in [-0.2, -0.15) is 0 Å². The summed E-state index contributed by atoms with van der Waals surface area (Å²) in [5, 5.41) is 1.93. The number of thiophene rings is 1.